The number of aryl methyl sites for hydroxylation is 1. The van der Waals surface area contributed by atoms with Gasteiger partial charge in [0.05, 0.1) is 12.5 Å². The number of likely N-dealkylation sites (tertiary alicyclic amines) is 1. The van der Waals surface area contributed by atoms with Gasteiger partial charge in [-0.1, -0.05) is 13.8 Å². The highest BCUT2D eigenvalue weighted by Gasteiger charge is 2.25. The number of imidazole rings is 1. The number of carbonyl (C=O) groups excluding carboxylic acids is 1. The van der Waals surface area contributed by atoms with Crippen molar-refractivity contribution >= 4 is 5.91 Å². The first-order valence-corrected chi connectivity index (χ1v) is 6.83. The second-order valence-corrected chi connectivity index (χ2v) is 5.75. The summed E-state index contributed by atoms with van der Waals surface area (Å²) in [5.74, 6) is 1.67. The van der Waals surface area contributed by atoms with Crippen LogP contribution in [0, 0.1) is 11.8 Å². The second kappa shape index (κ2) is 5.55. The van der Waals surface area contributed by atoms with Crippen LogP contribution in [0.3, 0.4) is 0 Å². The maximum Gasteiger partial charge on any atom is 0.272 e. The lowest BCUT2D eigenvalue weighted by Gasteiger charge is -2.32. The van der Waals surface area contributed by atoms with E-state index in [-0.39, 0.29) is 5.91 Å². The molecule has 0 aliphatic carbocycles. The third kappa shape index (κ3) is 2.92. The first kappa shape index (κ1) is 13.1. The number of aromatic nitrogens is 2. The lowest BCUT2D eigenvalue weighted by molar-refractivity contribution is 0.0672. The van der Waals surface area contributed by atoms with Crippen LogP contribution in [0.5, 0.6) is 0 Å². The van der Waals surface area contributed by atoms with E-state index < -0.39 is 0 Å². The highest BCUT2D eigenvalue weighted by Crippen LogP contribution is 2.24. The van der Waals surface area contributed by atoms with Gasteiger partial charge in [-0.2, -0.15) is 0 Å². The predicted molar refractivity (Wildman–Crippen MR) is 71.3 cm³/mol. The maximum absolute atomic E-state index is 12.3. The second-order valence-electron chi connectivity index (χ2n) is 5.75. The van der Waals surface area contributed by atoms with Gasteiger partial charge in [0.1, 0.15) is 5.69 Å². The molecule has 1 amide bonds. The lowest BCUT2D eigenvalue weighted by Crippen LogP contribution is -2.39. The summed E-state index contributed by atoms with van der Waals surface area (Å²) in [7, 11) is 1.87. The topological polar surface area (TPSA) is 38.1 Å². The van der Waals surface area contributed by atoms with E-state index in [1.54, 1.807) is 17.1 Å². The summed E-state index contributed by atoms with van der Waals surface area (Å²) < 4.78 is 1.79. The summed E-state index contributed by atoms with van der Waals surface area (Å²) in [5.41, 5.74) is 0.692. The van der Waals surface area contributed by atoms with E-state index >= 15 is 0 Å². The summed E-state index contributed by atoms with van der Waals surface area (Å²) >= 11 is 0. The highest BCUT2D eigenvalue weighted by atomic mass is 16.2. The van der Waals surface area contributed by atoms with Crippen LogP contribution in [-0.2, 0) is 7.05 Å². The molecule has 0 spiro atoms. The minimum Gasteiger partial charge on any atom is -0.337 e. The van der Waals surface area contributed by atoms with Gasteiger partial charge in [0.2, 0.25) is 0 Å². The molecule has 0 N–H and O–H groups in total. The Hall–Kier alpha value is -1.32. The molecule has 1 aromatic heterocycles. The normalized spacial score (nSPS) is 17.4. The summed E-state index contributed by atoms with van der Waals surface area (Å²) in [6.07, 6.45) is 6.90. The van der Waals surface area contributed by atoms with Crippen molar-refractivity contribution in [3.63, 3.8) is 0 Å². The Morgan fingerprint density at radius 3 is 2.61 bits per heavy atom. The standard InChI is InChI=1S/C14H23N3O/c1-11(2)8-12-4-6-17(7-5-12)14(18)13-9-15-10-16(13)3/h9-12H,4-8H2,1-3H3. The van der Waals surface area contributed by atoms with E-state index in [1.165, 1.54) is 6.42 Å². The van der Waals surface area contributed by atoms with E-state index in [1.807, 2.05) is 11.9 Å². The summed E-state index contributed by atoms with van der Waals surface area (Å²) in [6.45, 7) is 6.32. The zero-order valence-electron chi connectivity index (χ0n) is 11.6. The molecule has 0 radical (unpaired) electrons. The molecule has 2 heterocycles. The van der Waals surface area contributed by atoms with Crippen molar-refractivity contribution in [3.8, 4) is 0 Å². The smallest absolute Gasteiger partial charge is 0.272 e. The Morgan fingerprint density at radius 1 is 1.44 bits per heavy atom. The van der Waals surface area contributed by atoms with Crippen molar-refractivity contribution in [2.45, 2.75) is 33.1 Å². The van der Waals surface area contributed by atoms with Gasteiger partial charge in [-0.3, -0.25) is 4.79 Å². The Balaban J connectivity index is 1.90. The molecule has 2 rings (SSSR count). The fraction of sp³-hybridized carbons (Fsp3) is 0.714. The van der Waals surface area contributed by atoms with Crippen molar-refractivity contribution < 1.29 is 4.79 Å². The third-order valence-corrected chi connectivity index (χ3v) is 3.74. The first-order valence-electron chi connectivity index (χ1n) is 6.83. The maximum atomic E-state index is 12.3. The Morgan fingerprint density at radius 2 is 2.11 bits per heavy atom. The minimum atomic E-state index is 0.123. The fourth-order valence-electron chi connectivity index (χ4n) is 2.76. The van der Waals surface area contributed by atoms with E-state index in [0.29, 0.717) is 5.69 Å². The molecule has 1 aliphatic heterocycles. The van der Waals surface area contributed by atoms with Crippen molar-refractivity contribution in [1.82, 2.24) is 14.5 Å². The fourth-order valence-corrected chi connectivity index (χ4v) is 2.76. The average Bonchev–Trinajstić information content (AvgIpc) is 2.75. The number of hydrogen-bond acceptors (Lipinski definition) is 2. The Kier molecular flexibility index (Phi) is 4.04. The summed E-state index contributed by atoms with van der Waals surface area (Å²) in [5, 5.41) is 0. The summed E-state index contributed by atoms with van der Waals surface area (Å²) in [4.78, 5) is 18.2. The Labute approximate surface area is 109 Å². The van der Waals surface area contributed by atoms with E-state index in [4.69, 9.17) is 0 Å². The van der Waals surface area contributed by atoms with Crippen molar-refractivity contribution in [1.29, 1.82) is 0 Å². The first-order chi connectivity index (χ1) is 8.58. The van der Waals surface area contributed by atoms with Gasteiger partial charge < -0.3 is 9.47 Å². The highest BCUT2D eigenvalue weighted by molar-refractivity contribution is 5.92. The van der Waals surface area contributed by atoms with Gasteiger partial charge in [0.15, 0.2) is 0 Å². The molecule has 0 bridgehead atoms. The number of amides is 1. The molecule has 100 valence electrons. The van der Waals surface area contributed by atoms with E-state index in [2.05, 4.69) is 18.8 Å². The molecule has 4 heteroatoms. The van der Waals surface area contributed by atoms with Gasteiger partial charge >= 0.3 is 0 Å². The minimum absolute atomic E-state index is 0.123. The molecule has 0 unspecified atom stereocenters. The van der Waals surface area contributed by atoms with Gasteiger partial charge in [0, 0.05) is 20.1 Å². The van der Waals surface area contributed by atoms with Crippen LogP contribution in [0.25, 0.3) is 0 Å². The predicted octanol–water partition coefficient (Wildman–Crippen LogP) is 2.32. The van der Waals surface area contributed by atoms with Crippen LogP contribution in [0.15, 0.2) is 12.5 Å². The van der Waals surface area contributed by atoms with Crippen LogP contribution in [0.4, 0.5) is 0 Å². The molecule has 1 aromatic rings. The number of carbonyl (C=O) groups is 1. The van der Waals surface area contributed by atoms with E-state index in [0.717, 1.165) is 37.8 Å². The van der Waals surface area contributed by atoms with Crippen molar-refractivity contribution in [2.24, 2.45) is 18.9 Å². The molecule has 1 fully saturated rings. The number of rotatable bonds is 3. The molecule has 1 saturated heterocycles. The molecular formula is C14H23N3O. The quantitative estimate of drug-likeness (QED) is 0.824. The van der Waals surface area contributed by atoms with E-state index in [9.17, 15) is 4.79 Å². The molecule has 0 aromatic carbocycles. The van der Waals surface area contributed by atoms with Crippen LogP contribution >= 0.6 is 0 Å². The van der Waals surface area contributed by atoms with Crippen LogP contribution in [0.1, 0.15) is 43.6 Å². The lowest BCUT2D eigenvalue weighted by atomic mass is 9.88. The Bertz CT molecular complexity index is 403. The van der Waals surface area contributed by atoms with Gasteiger partial charge in [-0.15, -0.1) is 0 Å². The SMILES string of the molecule is CC(C)CC1CCN(C(=O)c2cncn2C)CC1. The summed E-state index contributed by atoms with van der Waals surface area (Å²) in [6, 6.07) is 0. The third-order valence-electron chi connectivity index (χ3n) is 3.74. The monoisotopic (exact) mass is 249 g/mol. The van der Waals surface area contributed by atoms with Crippen LogP contribution in [0.2, 0.25) is 0 Å². The zero-order valence-corrected chi connectivity index (χ0v) is 11.6. The van der Waals surface area contributed by atoms with Gasteiger partial charge in [-0.05, 0) is 31.1 Å². The molecule has 18 heavy (non-hydrogen) atoms. The largest absolute Gasteiger partial charge is 0.337 e. The average molecular weight is 249 g/mol. The zero-order chi connectivity index (χ0) is 13.1. The van der Waals surface area contributed by atoms with Gasteiger partial charge in [0.25, 0.3) is 5.91 Å². The molecule has 0 atom stereocenters. The number of nitrogens with zero attached hydrogens (tertiary/aromatic N) is 3. The van der Waals surface area contributed by atoms with Gasteiger partial charge in [-0.25, -0.2) is 4.98 Å². The number of hydrogen-bond donors (Lipinski definition) is 0. The molecular weight excluding hydrogens is 226 g/mol. The molecule has 4 nitrogen and oxygen atoms in total. The molecule has 0 saturated carbocycles. The van der Waals surface area contributed by atoms with Crippen molar-refractivity contribution in [2.75, 3.05) is 13.1 Å². The number of piperidine rings is 1. The van der Waals surface area contributed by atoms with Crippen molar-refractivity contribution in [3.05, 3.63) is 18.2 Å². The van der Waals surface area contributed by atoms with Crippen LogP contribution in [-0.4, -0.2) is 33.4 Å². The molecule has 1 aliphatic rings. The van der Waals surface area contributed by atoms with Crippen LogP contribution < -0.4 is 0 Å².